The minimum Gasteiger partial charge on any atom is -0.456 e. The zero-order chi connectivity index (χ0) is 37.0. The maximum absolute atomic E-state index is 9.34. The van der Waals surface area contributed by atoms with Crippen molar-refractivity contribution in [2.75, 3.05) is 4.90 Å². The summed E-state index contributed by atoms with van der Waals surface area (Å²) in [5.41, 5.74) is 5.91. The predicted molar refractivity (Wildman–Crippen MR) is 196 cm³/mol. The van der Waals surface area contributed by atoms with Crippen molar-refractivity contribution in [1.29, 1.82) is 0 Å². The Labute approximate surface area is 280 Å². The monoisotopic (exact) mass is 608 g/mol. The average molecular weight is 609 g/mol. The third kappa shape index (κ3) is 4.00. The first kappa shape index (κ1) is 19.9. The van der Waals surface area contributed by atoms with Gasteiger partial charge in [-0.25, -0.2) is 0 Å². The van der Waals surface area contributed by atoms with Crippen molar-refractivity contribution in [3.63, 3.8) is 0 Å². The molecule has 10 rings (SSSR count). The van der Waals surface area contributed by atoms with Gasteiger partial charge in [0.2, 0.25) is 0 Å². The molecule has 220 valence electrons. The van der Waals surface area contributed by atoms with Gasteiger partial charge in [0.25, 0.3) is 0 Å². The molecule has 0 amide bonds. The predicted octanol–water partition coefficient (Wildman–Crippen LogP) is 12.9. The van der Waals surface area contributed by atoms with Crippen LogP contribution in [-0.2, 0) is 0 Å². The largest absolute Gasteiger partial charge is 0.456 e. The SMILES string of the molecule is [2H]c1c([2H])c([2H])c2c(N(c3ccc(-c4ccc5c(c4)oc4ccccc45)cc3)c3cccc4oc5c6ccccc6ccc5c34)c([2H])c([2H])c([2H])c2c1[2H]. The Bertz CT molecular complexity index is 3200. The number of hydrogen-bond donors (Lipinski definition) is 0. The molecule has 0 spiro atoms. The molecule has 2 heterocycles. The summed E-state index contributed by atoms with van der Waals surface area (Å²) >= 11 is 0. The van der Waals surface area contributed by atoms with Gasteiger partial charge in [-0.3, -0.25) is 0 Å². The van der Waals surface area contributed by atoms with E-state index in [1.807, 2.05) is 115 Å². The molecule has 8 aromatic carbocycles. The van der Waals surface area contributed by atoms with E-state index in [1.54, 1.807) is 4.90 Å². The van der Waals surface area contributed by atoms with Crippen molar-refractivity contribution >= 4 is 82.5 Å². The zero-order valence-electron chi connectivity index (χ0n) is 31.8. The van der Waals surface area contributed by atoms with Gasteiger partial charge >= 0.3 is 0 Å². The average Bonchev–Trinajstić information content (AvgIpc) is 3.78. The van der Waals surface area contributed by atoms with E-state index in [-0.39, 0.29) is 28.5 Å². The van der Waals surface area contributed by atoms with Gasteiger partial charge in [0, 0.05) is 32.6 Å². The van der Waals surface area contributed by atoms with Gasteiger partial charge in [-0.15, -0.1) is 0 Å². The molecule has 0 bridgehead atoms. The van der Waals surface area contributed by atoms with Crippen LogP contribution in [0, 0.1) is 0 Å². The molecule has 0 aliphatic heterocycles. The number of benzene rings is 8. The number of anilines is 3. The normalized spacial score (nSPS) is 13.9. The van der Waals surface area contributed by atoms with Crippen molar-refractivity contribution in [2.24, 2.45) is 0 Å². The van der Waals surface area contributed by atoms with Crippen LogP contribution in [-0.4, -0.2) is 0 Å². The van der Waals surface area contributed by atoms with Crippen LogP contribution in [0.2, 0.25) is 0 Å². The van der Waals surface area contributed by atoms with Gasteiger partial charge in [0.1, 0.15) is 22.3 Å². The van der Waals surface area contributed by atoms with E-state index in [0.29, 0.717) is 22.5 Å². The highest BCUT2D eigenvalue weighted by atomic mass is 16.3. The minimum atomic E-state index is -0.504. The Balaban J connectivity index is 1.26. The summed E-state index contributed by atoms with van der Waals surface area (Å²) < 4.78 is 74.6. The maximum Gasteiger partial charge on any atom is 0.143 e. The van der Waals surface area contributed by atoms with Crippen LogP contribution in [0.25, 0.3) is 76.5 Å². The third-order valence-corrected chi connectivity index (χ3v) is 8.96. The van der Waals surface area contributed by atoms with E-state index in [2.05, 4.69) is 6.07 Å². The molecular weight excluding hydrogens is 574 g/mol. The van der Waals surface area contributed by atoms with Crippen LogP contribution >= 0.6 is 0 Å². The van der Waals surface area contributed by atoms with Crippen LogP contribution in [0.4, 0.5) is 17.1 Å². The fourth-order valence-corrected chi connectivity index (χ4v) is 6.79. The van der Waals surface area contributed by atoms with Crippen LogP contribution < -0.4 is 4.90 Å². The summed E-state index contributed by atoms with van der Waals surface area (Å²) in [7, 11) is 0. The molecule has 0 fully saturated rings. The lowest BCUT2D eigenvalue weighted by Crippen LogP contribution is -2.10. The van der Waals surface area contributed by atoms with Crippen molar-refractivity contribution in [1.82, 2.24) is 0 Å². The van der Waals surface area contributed by atoms with Gasteiger partial charge in [0.15, 0.2) is 0 Å². The second kappa shape index (κ2) is 10.1. The molecule has 2 aromatic heterocycles. The van der Waals surface area contributed by atoms with Gasteiger partial charge in [-0.05, 0) is 76.5 Å². The molecule has 0 aliphatic carbocycles. The maximum atomic E-state index is 9.34. The molecular formula is C44H27NO2. The number of hydrogen-bond acceptors (Lipinski definition) is 3. The van der Waals surface area contributed by atoms with Crippen molar-refractivity contribution in [3.05, 3.63) is 164 Å². The van der Waals surface area contributed by atoms with Gasteiger partial charge < -0.3 is 13.7 Å². The quantitative estimate of drug-likeness (QED) is 0.199. The fraction of sp³-hybridized carbons (Fsp3) is 0. The number of para-hydroxylation sites is 1. The first-order chi connectivity index (χ1) is 26.2. The fourth-order valence-electron chi connectivity index (χ4n) is 6.79. The Morgan fingerprint density at radius 2 is 1.19 bits per heavy atom. The standard InChI is InChI=1S/C44H27NO2/c1-3-12-33-29(9-1)11-7-15-38(33)45(39-16-8-18-41-43(39)37-26-21-30-10-2-4-13-34(30)44(37)47-41)32-23-19-28(20-24-32)31-22-25-36-35-14-5-6-17-40(35)46-42(36)27-31/h1-27H/i1D,3D,7D,9D,11D,12D,15D. The number of furan rings is 2. The smallest absolute Gasteiger partial charge is 0.143 e. The Morgan fingerprint density at radius 3 is 2.13 bits per heavy atom. The van der Waals surface area contributed by atoms with Crippen molar-refractivity contribution in [2.45, 2.75) is 0 Å². The molecule has 0 N–H and O–H groups in total. The first-order valence-corrected chi connectivity index (χ1v) is 15.4. The van der Waals surface area contributed by atoms with Crippen molar-refractivity contribution in [3.8, 4) is 11.1 Å². The minimum absolute atomic E-state index is 0.0123. The topological polar surface area (TPSA) is 29.5 Å². The first-order valence-electron chi connectivity index (χ1n) is 18.9. The Hall–Kier alpha value is -6.32. The van der Waals surface area contributed by atoms with Crippen LogP contribution in [0.1, 0.15) is 9.60 Å². The molecule has 0 atom stereocenters. The van der Waals surface area contributed by atoms with Gasteiger partial charge in [-0.1, -0.05) is 109 Å². The van der Waals surface area contributed by atoms with Crippen molar-refractivity contribution < 1.29 is 18.4 Å². The lowest BCUT2D eigenvalue weighted by Gasteiger charge is -2.27. The van der Waals surface area contributed by atoms with E-state index in [4.69, 9.17) is 17.1 Å². The number of fused-ring (bicyclic) bond motifs is 9. The molecule has 0 saturated heterocycles. The zero-order valence-corrected chi connectivity index (χ0v) is 24.8. The molecule has 0 unspecified atom stereocenters. The highest BCUT2D eigenvalue weighted by Crippen LogP contribution is 2.46. The summed E-state index contributed by atoms with van der Waals surface area (Å²) in [6, 6.07) is 36.3. The molecule has 3 heteroatoms. The van der Waals surface area contributed by atoms with Crippen LogP contribution in [0.5, 0.6) is 0 Å². The van der Waals surface area contributed by atoms with E-state index in [9.17, 15) is 1.37 Å². The van der Waals surface area contributed by atoms with E-state index < -0.39 is 30.2 Å². The molecule has 0 saturated carbocycles. The molecule has 10 aromatic rings. The van der Waals surface area contributed by atoms with Gasteiger partial charge in [-0.2, -0.15) is 0 Å². The highest BCUT2D eigenvalue weighted by molar-refractivity contribution is 6.20. The molecule has 3 nitrogen and oxygen atoms in total. The van der Waals surface area contributed by atoms with Crippen LogP contribution in [0.3, 0.4) is 0 Å². The highest BCUT2D eigenvalue weighted by Gasteiger charge is 2.21. The Kier molecular flexibility index (Phi) is 4.28. The lowest BCUT2D eigenvalue weighted by molar-refractivity contribution is 0.669. The number of nitrogens with zero attached hydrogens (tertiary/aromatic N) is 1. The molecule has 47 heavy (non-hydrogen) atoms. The third-order valence-electron chi connectivity index (χ3n) is 8.96. The van der Waals surface area contributed by atoms with E-state index in [1.165, 1.54) is 0 Å². The summed E-state index contributed by atoms with van der Waals surface area (Å²) in [5, 5.41) is 5.43. The summed E-state index contributed by atoms with van der Waals surface area (Å²) in [6.45, 7) is 0. The molecule has 0 radical (unpaired) electrons. The summed E-state index contributed by atoms with van der Waals surface area (Å²) in [5.74, 6) is 0. The summed E-state index contributed by atoms with van der Waals surface area (Å²) in [4.78, 5) is 1.77. The van der Waals surface area contributed by atoms with Gasteiger partial charge in [0.05, 0.1) is 26.4 Å². The second-order valence-electron chi connectivity index (χ2n) is 11.6. The second-order valence-corrected chi connectivity index (χ2v) is 11.6. The van der Waals surface area contributed by atoms with E-state index in [0.717, 1.165) is 54.6 Å². The number of rotatable bonds is 4. The summed E-state index contributed by atoms with van der Waals surface area (Å²) in [6.07, 6.45) is 0. The van der Waals surface area contributed by atoms with E-state index >= 15 is 0 Å². The molecule has 0 aliphatic rings. The Morgan fingerprint density at radius 1 is 0.447 bits per heavy atom. The van der Waals surface area contributed by atoms with Crippen LogP contribution in [0.15, 0.2) is 172 Å². The lowest BCUT2D eigenvalue weighted by atomic mass is 10.0.